The van der Waals surface area contributed by atoms with Crippen molar-refractivity contribution in [2.45, 2.75) is 51.0 Å². The van der Waals surface area contributed by atoms with E-state index in [-0.39, 0.29) is 11.9 Å². The number of carbonyl (C=O) groups excluding carboxylic acids is 1. The van der Waals surface area contributed by atoms with Crippen LogP contribution in [-0.4, -0.2) is 40.4 Å². The molecular formula is C14H22N4O2. The van der Waals surface area contributed by atoms with Crippen LogP contribution in [0.3, 0.4) is 0 Å². The predicted octanol–water partition coefficient (Wildman–Crippen LogP) is 1.19. The van der Waals surface area contributed by atoms with Crippen molar-refractivity contribution in [3.8, 4) is 0 Å². The Labute approximate surface area is 118 Å². The van der Waals surface area contributed by atoms with E-state index in [4.69, 9.17) is 4.74 Å². The summed E-state index contributed by atoms with van der Waals surface area (Å²) in [4.78, 5) is 12.0. The van der Waals surface area contributed by atoms with E-state index < -0.39 is 0 Å². The molecule has 0 saturated carbocycles. The maximum Gasteiger partial charge on any atom is 0.316 e. The number of piperidine rings is 1. The fourth-order valence-electron chi connectivity index (χ4n) is 3.25. The third-order valence-electron chi connectivity index (χ3n) is 4.27. The van der Waals surface area contributed by atoms with Gasteiger partial charge in [-0.25, -0.2) is 0 Å². The smallest absolute Gasteiger partial charge is 0.316 e. The molecule has 0 radical (unpaired) electrons. The zero-order valence-corrected chi connectivity index (χ0v) is 12.0. The zero-order valence-electron chi connectivity index (χ0n) is 12.0. The molecule has 0 bridgehead atoms. The molecule has 1 unspecified atom stereocenters. The molecule has 2 aliphatic rings. The van der Waals surface area contributed by atoms with Gasteiger partial charge in [0.1, 0.15) is 17.6 Å². The number of hydrogen-bond acceptors (Lipinski definition) is 5. The van der Waals surface area contributed by atoms with Crippen molar-refractivity contribution in [3.63, 3.8) is 0 Å². The molecule has 1 fully saturated rings. The number of carbonyl (C=O) groups is 1. The number of nitrogens with zero attached hydrogens (tertiary/aromatic N) is 3. The minimum Gasteiger partial charge on any atom is -0.465 e. The number of nitrogens with one attached hydrogen (secondary N) is 1. The van der Waals surface area contributed by atoms with E-state index in [1.165, 1.54) is 0 Å². The number of rotatable bonds is 3. The van der Waals surface area contributed by atoms with Crippen LogP contribution in [-0.2, 0) is 16.1 Å². The SMILES string of the molecule is CCOC(=O)C1CCCn2c(C3CCNCC3)nnc21. The Bertz CT molecular complexity index is 480. The van der Waals surface area contributed by atoms with Gasteiger partial charge in [0.25, 0.3) is 0 Å². The van der Waals surface area contributed by atoms with Crippen molar-refractivity contribution in [2.75, 3.05) is 19.7 Å². The summed E-state index contributed by atoms with van der Waals surface area (Å²) in [6, 6.07) is 0. The second-order valence-corrected chi connectivity index (χ2v) is 5.54. The fourth-order valence-corrected chi connectivity index (χ4v) is 3.25. The summed E-state index contributed by atoms with van der Waals surface area (Å²) in [7, 11) is 0. The highest BCUT2D eigenvalue weighted by Crippen LogP contribution is 2.32. The van der Waals surface area contributed by atoms with Crippen LogP contribution in [0, 0.1) is 0 Å². The normalized spacial score (nSPS) is 23.4. The Balaban J connectivity index is 1.84. The van der Waals surface area contributed by atoms with E-state index >= 15 is 0 Å². The summed E-state index contributed by atoms with van der Waals surface area (Å²) in [6.07, 6.45) is 4.01. The summed E-state index contributed by atoms with van der Waals surface area (Å²) in [5.41, 5.74) is 0. The first kappa shape index (κ1) is 13.5. The summed E-state index contributed by atoms with van der Waals surface area (Å²) in [5, 5.41) is 12.1. The highest BCUT2D eigenvalue weighted by molar-refractivity contribution is 5.77. The molecule has 3 rings (SSSR count). The molecule has 1 atom stereocenters. The van der Waals surface area contributed by atoms with Gasteiger partial charge in [-0.2, -0.15) is 0 Å². The molecule has 1 N–H and O–H groups in total. The van der Waals surface area contributed by atoms with Crippen LogP contribution in [0.15, 0.2) is 0 Å². The molecule has 0 amide bonds. The molecule has 1 saturated heterocycles. The molecule has 2 aliphatic heterocycles. The van der Waals surface area contributed by atoms with Gasteiger partial charge in [-0.05, 0) is 45.7 Å². The number of hydrogen-bond donors (Lipinski definition) is 1. The molecule has 1 aromatic heterocycles. The summed E-state index contributed by atoms with van der Waals surface area (Å²) in [6.45, 7) is 5.26. The first-order valence-electron chi connectivity index (χ1n) is 7.61. The van der Waals surface area contributed by atoms with Gasteiger partial charge in [0.2, 0.25) is 0 Å². The van der Waals surface area contributed by atoms with Gasteiger partial charge in [0, 0.05) is 12.5 Å². The Hall–Kier alpha value is -1.43. The van der Waals surface area contributed by atoms with Crippen molar-refractivity contribution in [1.82, 2.24) is 20.1 Å². The van der Waals surface area contributed by atoms with E-state index in [1.54, 1.807) is 0 Å². The molecule has 20 heavy (non-hydrogen) atoms. The zero-order chi connectivity index (χ0) is 13.9. The van der Waals surface area contributed by atoms with Crippen LogP contribution in [0.2, 0.25) is 0 Å². The highest BCUT2D eigenvalue weighted by Gasteiger charge is 2.33. The van der Waals surface area contributed by atoms with Gasteiger partial charge >= 0.3 is 5.97 Å². The molecule has 6 nitrogen and oxygen atoms in total. The fraction of sp³-hybridized carbons (Fsp3) is 0.786. The number of esters is 1. The second kappa shape index (κ2) is 5.91. The third-order valence-corrected chi connectivity index (χ3v) is 4.27. The first-order chi connectivity index (χ1) is 9.81. The number of fused-ring (bicyclic) bond motifs is 1. The molecule has 1 aromatic rings. The largest absolute Gasteiger partial charge is 0.465 e. The van der Waals surface area contributed by atoms with Crippen molar-refractivity contribution >= 4 is 5.97 Å². The van der Waals surface area contributed by atoms with E-state index in [0.29, 0.717) is 12.5 Å². The third kappa shape index (κ3) is 2.44. The van der Waals surface area contributed by atoms with Gasteiger partial charge < -0.3 is 14.6 Å². The van der Waals surface area contributed by atoms with Crippen LogP contribution >= 0.6 is 0 Å². The minimum absolute atomic E-state index is 0.155. The lowest BCUT2D eigenvalue weighted by molar-refractivity contribution is -0.145. The Morgan fingerprint density at radius 3 is 2.80 bits per heavy atom. The molecular weight excluding hydrogens is 256 g/mol. The molecule has 110 valence electrons. The quantitative estimate of drug-likeness (QED) is 0.841. The summed E-state index contributed by atoms with van der Waals surface area (Å²) >= 11 is 0. The van der Waals surface area contributed by atoms with E-state index in [0.717, 1.165) is 57.0 Å². The van der Waals surface area contributed by atoms with E-state index in [9.17, 15) is 4.79 Å². The Morgan fingerprint density at radius 1 is 1.30 bits per heavy atom. The van der Waals surface area contributed by atoms with Crippen molar-refractivity contribution in [2.24, 2.45) is 0 Å². The first-order valence-corrected chi connectivity index (χ1v) is 7.61. The summed E-state index contributed by atoms with van der Waals surface area (Å²) < 4.78 is 7.33. The lowest BCUT2D eigenvalue weighted by Crippen LogP contribution is -2.30. The average molecular weight is 278 g/mol. The van der Waals surface area contributed by atoms with Crippen LogP contribution in [0.1, 0.15) is 56.1 Å². The maximum absolute atomic E-state index is 12.0. The lowest BCUT2D eigenvalue weighted by Gasteiger charge is -2.26. The average Bonchev–Trinajstić information content (AvgIpc) is 2.92. The van der Waals surface area contributed by atoms with Crippen LogP contribution in [0.5, 0.6) is 0 Å². The minimum atomic E-state index is -0.230. The molecule has 3 heterocycles. The van der Waals surface area contributed by atoms with Crippen molar-refractivity contribution in [3.05, 3.63) is 11.6 Å². The summed E-state index contributed by atoms with van der Waals surface area (Å²) in [5.74, 6) is 1.96. The van der Waals surface area contributed by atoms with Crippen molar-refractivity contribution < 1.29 is 9.53 Å². The number of ether oxygens (including phenoxy) is 1. The topological polar surface area (TPSA) is 69.0 Å². The van der Waals surface area contributed by atoms with Crippen molar-refractivity contribution in [1.29, 1.82) is 0 Å². The van der Waals surface area contributed by atoms with Gasteiger partial charge in [-0.15, -0.1) is 10.2 Å². The monoisotopic (exact) mass is 278 g/mol. The number of aromatic nitrogens is 3. The van der Waals surface area contributed by atoms with Gasteiger partial charge in [0.05, 0.1) is 6.61 Å². The van der Waals surface area contributed by atoms with E-state index in [2.05, 4.69) is 20.1 Å². The highest BCUT2D eigenvalue weighted by atomic mass is 16.5. The van der Waals surface area contributed by atoms with Gasteiger partial charge in [-0.1, -0.05) is 0 Å². The molecule has 0 spiro atoms. The molecule has 6 heteroatoms. The van der Waals surface area contributed by atoms with Crippen LogP contribution in [0.25, 0.3) is 0 Å². The molecule has 0 aromatic carbocycles. The molecule has 0 aliphatic carbocycles. The second-order valence-electron chi connectivity index (χ2n) is 5.54. The Kier molecular flexibility index (Phi) is 4.00. The van der Waals surface area contributed by atoms with Crippen LogP contribution < -0.4 is 5.32 Å². The lowest BCUT2D eigenvalue weighted by atomic mass is 9.95. The van der Waals surface area contributed by atoms with E-state index in [1.807, 2.05) is 6.92 Å². The Morgan fingerprint density at radius 2 is 2.05 bits per heavy atom. The maximum atomic E-state index is 12.0. The predicted molar refractivity (Wildman–Crippen MR) is 73.5 cm³/mol. The van der Waals surface area contributed by atoms with Gasteiger partial charge in [0.15, 0.2) is 0 Å². The van der Waals surface area contributed by atoms with Crippen LogP contribution in [0.4, 0.5) is 0 Å². The van der Waals surface area contributed by atoms with Gasteiger partial charge in [-0.3, -0.25) is 4.79 Å². The standard InChI is InChI=1S/C14H22N4O2/c1-2-20-14(19)11-4-3-9-18-12(16-17-13(11)18)10-5-7-15-8-6-10/h10-11,15H,2-9H2,1H3.